The number of benzene rings is 3. The van der Waals surface area contributed by atoms with Crippen LogP contribution in [0.5, 0.6) is 5.75 Å². The summed E-state index contributed by atoms with van der Waals surface area (Å²) in [5.41, 5.74) is 4.36. The van der Waals surface area contributed by atoms with Gasteiger partial charge < -0.3 is 10.1 Å². The fourth-order valence-electron chi connectivity index (χ4n) is 2.37. The average molecular weight is 479 g/mol. The highest BCUT2D eigenvalue weighted by Gasteiger charge is 2.13. The second kappa shape index (κ2) is 10.4. The molecule has 30 heavy (non-hydrogen) atoms. The van der Waals surface area contributed by atoms with E-state index < -0.39 is 5.97 Å². The maximum Gasteiger partial charge on any atom is 0.345 e. The molecule has 9 heteroatoms. The van der Waals surface area contributed by atoms with Gasteiger partial charge >= 0.3 is 5.97 Å². The minimum Gasteiger partial charge on any atom is -0.423 e. The number of esters is 1. The zero-order valence-electron chi connectivity index (χ0n) is 15.2. The second-order valence-electron chi connectivity index (χ2n) is 5.92. The van der Waals surface area contributed by atoms with Crippen molar-refractivity contribution in [3.05, 3.63) is 92.9 Å². The maximum atomic E-state index is 12.3. The molecule has 0 radical (unpaired) electrons. The molecule has 0 saturated carbocycles. The molecule has 0 saturated heterocycles. The van der Waals surface area contributed by atoms with Gasteiger partial charge in [0.05, 0.1) is 16.8 Å². The Labute approximate surface area is 193 Å². The van der Waals surface area contributed by atoms with Gasteiger partial charge in [-0.25, -0.2) is 4.79 Å². The Kier molecular flexibility index (Phi) is 7.65. The van der Waals surface area contributed by atoms with E-state index in [1.54, 1.807) is 54.7 Å². The van der Waals surface area contributed by atoms with Crippen molar-refractivity contribution in [1.82, 2.24) is 5.43 Å². The van der Waals surface area contributed by atoms with Crippen LogP contribution in [0.1, 0.15) is 15.9 Å². The lowest BCUT2D eigenvalue weighted by Crippen LogP contribution is -2.23. The first-order chi connectivity index (χ1) is 14.4. The van der Waals surface area contributed by atoms with Crippen molar-refractivity contribution in [1.29, 1.82) is 0 Å². The lowest BCUT2D eigenvalue weighted by Gasteiger charge is -2.08. The molecule has 0 aliphatic rings. The van der Waals surface area contributed by atoms with E-state index in [1.165, 1.54) is 12.1 Å². The van der Waals surface area contributed by atoms with E-state index in [4.69, 9.17) is 51.8 Å². The number of anilines is 1. The number of rotatable bonds is 5. The van der Waals surface area contributed by atoms with Crippen LogP contribution >= 0.6 is 47.0 Å². The number of halogens is 3. The van der Waals surface area contributed by atoms with E-state index in [1.807, 2.05) is 6.07 Å². The number of carbonyl (C=O) groups is 1. The molecule has 152 valence electrons. The van der Waals surface area contributed by atoms with Crippen LogP contribution in [0.2, 0.25) is 15.1 Å². The lowest BCUT2D eigenvalue weighted by atomic mass is 10.2. The number of nitrogens with zero attached hydrogens (tertiary/aromatic N) is 1. The fourth-order valence-corrected chi connectivity index (χ4v) is 3.21. The molecule has 0 heterocycles. The third-order valence-electron chi connectivity index (χ3n) is 3.68. The van der Waals surface area contributed by atoms with Gasteiger partial charge in [0, 0.05) is 15.7 Å². The first-order valence-corrected chi connectivity index (χ1v) is 10.1. The Morgan fingerprint density at radius 1 is 0.967 bits per heavy atom. The van der Waals surface area contributed by atoms with Crippen molar-refractivity contribution in [3.8, 4) is 5.75 Å². The van der Waals surface area contributed by atoms with Gasteiger partial charge in [0.25, 0.3) is 0 Å². The number of carbonyl (C=O) groups excluding carboxylic acids is 1. The molecule has 0 aliphatic heterocycles. The second-order valence-corrected chi connectivity index (χ2v) is 7.61. The number of hydrazone groups is 1. The summed E-state index contributed by atoms with van der Waals surface area (Å²) in [6, 6.07) is 18.5. The highest BCUT2D eigenvalue weighted by atomic mass is 35.5. The van der Waals surface area contributed by atoms with Crippen LogP contribution in [0, 0.1) is 0 Å². The third kappa shape index (κ3) is 6.43. The van der Waals surface area contributed by atoms with Crippen molar-refractivity contribution in [2.45, 2.75) is 0 Å². The van der Waals surface area contributed by atoms with Crippen LogP contribution in [-0.2, 0) is 0 Å². The summed E-state index contributed by atoms with van der Waals surface area (Å²) in [7, 11) is 0. The molecule has 2 N–H and O–H groups in total. The number of ether oxygens (including phenoxy) is 1. The van der Waals surface area contributed by atoms with E-state index in [9.17, 15) is 4.79 Å². The lowest BCUT2D eigenvalue weighted by molar-refractivity contribution is 0.0735. The Morgan fingerprint density at radius 3 is 2.50 bits per heavy atom. The predicted molar refractivity (Wildman–Crippen MR) is 126 cm³/mol. The van der Waals surface area contributed by atoms with E-state index in [-0.39, 0.29) is 10.6 Å². The van der Waals surface area contributed by atoms with Gasteiger partial charge in [-0.15, -0.1) is 0 Å². The summed E-state index contributed by atoms with van der Waals surface area (Å²) >= 11 is 23.0. The molecular weight excluding hydrogens is 465 g/mol. The highest BCUT2D eigenvalue weighted by Crippen LogP contribution is 2.23. The maximum absolute atomic E-state index is 12.3. The molecule has 3 aromatic rings. The van der Waals surface area contributed by atoms with Crippen molar-refractivity contribution < 1.29 is 9.53 Å². The molecule has 0 aliphatic carbocycles. The van der Waals surface area contributed by atoms with Gasteiger partial charge in [0.2, 0.25) is 0 Å². The quantitative estimate of drug-likeness (QED) is 0.151. The number of hydrogen-bond acceptors (Lipinski definition) is 4. The zero-order chi connectivity index (χ0) is 21.5. The number of nitrogens with one attached hydrogen (secondary N) is 2. The van der Waals surface area contributed by atoms with Gasteiger partial charge in [-0.3, -0.25) is 5.43 Å². The standard InChI is InChI=1S/C21H14Cl3N3O2S/c22-14-4-2-5-16(10-14)26-21(30)27-25-12-13-3-1-6-17(9-13)29-20(28)18-8-7-15(23)11-19(18)24/h1-12H,(H2,26,27,30)/b25-12-. The fraction of sp³-hybridized carbons (Fsp3) is 0. The summed E-state index contributed by atoms with van der Waals surface area (Å²) in [5.74, 6) is -0.245. The first-order valence-electron chi connectivity index (χ1n) is 8.53. The number of hydrogen-bond donors (Lipinski definition) is 2. The molecule has 0 unspecified atom stereocenters. The van der Waals surface area contributed by atoms with Crippen molar-refractivity contribution in [2.24, 2.45) is 5.10 Å². The molecule has 0 bridgehead atoms. The summed E-state index contributed by atoms with van der Waals surface area (Å²) in [6.07, 6.45) is 1.54. The largest absolute Gasteiger partial charge is 0.423 e. The highest BCUT2D eigenvalue weighted by molar-refractivity contribution is 7.80. The smallest absolute Gasteiger partial charge is 0.345 e. The Hall–Kier alpha value is -2.64. The Balaban J connectivity index is 1.59. The summed E-state index contributed by atoms with van der Waals surface area (Å²) in [5, 5.41) is 8.59. The number of thiocarbonyl (C=S) groups is 1. The molecule has 3 aromatic carbocycles. The van der Waals surface area contributed by atoms with E-state index in [0.717, 1.165) is 5.69 Å². The van der Waals surface area contributed by atoms with Crippen LogP contribution in [-0.4, -0.2) is 17.3 Å². The third-order valence-corrected chi connectivity index (χ3v) is 4.66. The zero-order valence-corrected chi connectivity index (χ0v) is 18.3. The van der Waals surface area contributed by atoms with E-state index in [0.29, 0.717) is 26.5 Å². The average Bonchev–Trinajstić information content (AvgIpc) is 2.68. The molecule has 0 spiro atoms. The van der Waals surface area contributed by atoms with Gasteiger partial charge in [0.1, 0.15) is 5.75 Å². The summed E-state index contributed by atoms with van der Waals surface area (Å²) in [4.78, 5) is 12.3. The topological polar surface area (TPSA) is 62.7 Å². The molecule has 0 atom stereocenters. The molecule has 0 aromatic heterocycles. The molecule has 3 rings (SSSR count). The monoisotopic (exact) mass is 477 g/mol. The van der Waals surface area contributed by atoms with Crippen LogP contribution in [0.4, 0.5) is 5.69 Å². The van der Waals surface area contributed by atoms with E-state index in [2.05, 4.69) is 15.8 Å². The Bertz CT molecular complexity index is 1120. The van der Waals surface area contributed by atoms with Crippen LogP contribution < -0.4 is 15.5 Å². The van der Waals surface area contributed by atoms with Gasteiger partial charge in [-0.05, 0) is 66.3 Å². The minimum atomic E-state index is -0.587. The predicted octanol–water partition coefficient (Wildman–Crippen LogP) is 6.19. The van der Waals surface area contributed by atoms with Gasteiger partial charge in [-0.1, -0.05) is 53.0 Å². The normalized spacial score (nSPS) is 10.6. The van der Waals surface area contributed by atoms with Gasteiger partial charge in [0.15, 0.2) is 5.11 Å². The van der Waals surface area contributed by atoms with Gasteiger partial charge in [-0.2, -0.15) is 5.10 Å². The van der Waals surface area contributed by atoms with Crippen molar-refractivity contribution >= 4 is 70.0 Å². The van der Waals surface area contributed by atoms with Crippen LogP contribution in [0.25, 0.3) is 0 Å². The molecular formula is C21H14Cl3N3O2S. The molecule has 0 fully saturated rings. The van der Waals surface area contributed by atoms with Crippen LogP contribution in [0.15, 0.2) is 71.8 Å². The molecule has 0 amide bonds. The summed E-state index contributed by atoms with van der Waals surface area (Å²) < 4.78 is 5.38. The Morgan fingerprint density at radius 2 is 1.73 bits per heavy atom. The van der Waals surface area contributed by atoms with Crippen molar-refractivity contribution in [2.75, 3.05) is 5.32 Å². The minimum absolute atomic E-state index is 0.218. The van der Waals surface area contributed by atoms with E-state index >= 15 is 0 Å². The van der Waals surface area contributed by atoms with Crippen molar-refractivity contribution in [3.63, 3.8) is 0 Å². The van der Waals surface area contributed by atoms with Crippen LogP contribution in [0.3, 0.4) is 0 Å². The summed E-state index contributed by atoms with van der Waals surface area (Å²) in [6.45, 7) is 0. The first kappa shape index (κ1) is 22.1. The molecule has 5 nitrogen and oxygen atoms in total. The SMILES string of the molecule is O=C(Oc1cccc(/C=N\NC(=S)Nc2cccc(Cl)c2)c1)c1ccc(Cl)cc1Cl.